The molecule has 0 radical (unpaired) electrons. The Morgan fingerprint density at radius 1 is 1.38 bits per heavy atom. The number of hydrogen-bond acceptors (Lipinski definition) is 5. The predicted octanol–water partition coefficient (Wildman–Crippen LogP) is 2.42. The quantitative estimate of drug-likeness (QED) is 0.946. The molecule has 2 aromatic heterocycles. The zero-order valence-electron chi connectivity index (χ0n) is 11.8. The molecule has 1 N–H and O–H groups in total. The average molecular weight is 303 g/mol. The third kappa shape index (κ3) is 3.11. The number of aryl methyl sites for hydroxylation is 1. The summed E-state index contributed by atoms with van der Waals surface area (Å²) in [5.74, 6) is -0.0715. The second kappa shape index (κ2) is 6.32. The molecule has 0 saturated carbocycles. The van der Waals surface area contributed by atoms with Gasteiger partial charge in [-0.15, -0.1) is 11.3 Å². The van der Waals surface area contributed by atoms with Crippen molar-refractivity contribution in [3.05, 3.63) is 35.1 Å². The first-order chi connectivity index (χ1) is 10.3. The summed E-state index contributed by atoms with van der Waals surface area (Å²) in [4.78, 5) is 22.1. The fraction of sp³-hybridized carbons (Fsp3) is 0.400. The summed E-state index contributed by atoms with van der Waals surface area (Å²) in [5.41, 5.74) is 4.00. The predicted molar refractivity (Wildman–Crippen MR) is 81.4 cm³/mol. The van der Waals surface area contributed by atoms with Crippen molar-refractivity contribution in [1.29, 1.82) is 0 Å². The van der Waals surface area contributed by atoms with E-state index in [4.69, 9.17) is 4.74 Å². The molecule has 0 unspecified atom stereocenters. The smallest absolute Gasteiger partial charge is 0.253 e. The molecule has 21 heavy (non-hydrogen) atoms. The van der Waals surface area contributed by atoms with Gasteiger partial charge in [0.25, 0.3) is 5.91 Å². The van der Waals surface area contributed by atoms with Gasteiger partial charge in [-0.1, -0.05) is 0 Å². The summed E-state index contributed by atoms with van der Waals surface area (Å²) in [7, 11) is 0. The van der Waals surface area contributed by atoms with Gasteiger partial charge in [0.1, 0.15) is 0 Å². The molecule has 1 fully saturated rings. The summed E-state index contributed by atoms with van der Waals surface area (Å²) in [6.07, 6.45) is 3.43. The molecule has 5 nitrogen and oxygen atoms in total. The van der Waals surface area contributed by atoms with Gasteiger partial charge in [-0.3, -0.25) is 9.78 Å². The summed E-state index contributed by atoms with van der Waals surface area (Å²) in [6.45, 7) is 3.35. The van der Waals surface area contributed by atoms with E-state index in [1.54, 1.807) is 17.8 Å². The Hall–Kier alpha value is -1.79. The van der Waals surface area contributed by atoms with Gasteiger partial charge in [0.2, 0.25) is 0 Å². The molecule has 110 valence electrons. The molecule has 1 aliphatic rings. The van der Waals surface area contributed by atoms with Crippen LogP contribution >= 0.6 is 11.3 Å². The number of ether oxygens (including phenoxy) is 1. The maximum atomic E-state index is 12.5. The zero-order chi connectivity index (χ0) is 14.7. The molecule has 6 heteroatoms. The molecule has 0 aliphatic carbocycles. The van der Waals surface area contributed by atoms with Crippen LogP contribution < -0.4 is 5.32 Å². The normalized spacial score (nSPS) is 15.9. The Kier molecular flexibility index (Phi) is 4.26. The number of amides is 1. The number of carbonyl (C=O) groups excluding carboxylic acids is 1. The highest BCUT2D eigenvalue weighted by Crippen LogP contribution is 2.28. The van der Waals surface area contributed by atoms with E-state index in [-0.39, 0.29) is 11.9 Å². The van der Waals surface area contributed by atoms with E-state index in [9.17, 15) is 4.79 Å². The summed E-state index contributed by atoms with van der Waals surface area (Å²) >= 11 is 1.51. The Balaban J connectivity index is 1.85. The molecule has 1 saturated heterocycles. The van der Waals surface area contributed by atoms with Crippen LogP contribution in [0.15, 0.2) is 23.8 Å². The molecule has 3 heterocycles. The lowest BCUT2D eigenvalue weighted by molar-refractivity contribution is 0.0696. The van der Waals surface area contributed by atoms with Crippen LogP contribution in [-0.2, 0) is 4.74 Å². The fourth-order valence-corrected chi connectivity index (χ4v) is 3.22. The van der Waals surface area contributed by atoms with Crippen LogP contribution in [-0.4, -0.2) is 35.1 Å². The molecule has 0 bridgehead atoms. The summed E-state index contributed by atoms with van der Waals surface area (Å²) in [6, 6.07) is 3.79. The highest BCUT2D eigenvalue weighted by molar-refractivity contribution is 7.13. The number of nitrogens with one attached hydrogen (secondary N) is 1. The Bertz CT molecular complexity index is 635. The second-order valence-corrected chi connectivity index (χ2v) is 5.88. The molecule has 1 amide bonds. The average Bonchev–Trinajstić information content (AvgIpc) is 2.94. The number of thiazole rings is 1. The largest absolute Gasteiger partial charge is 0.381 e. The van der Waals surface area contributed by atoms with Gasteiger partial charge in [0.05, 0.1) is 27.3 Å². The van der Waals surface area contributed by atoms with Crippen molar-refractivity contribution in [2.24, 2.45) is 0 Å². The lowest BCUT2D eigenvalue weighted by Gasteiger charge is -2.23. The van der Waals surface area contributed by atoms with Crippen molar-refractivity contribution >= 4 is 17.2 Å². The van der Waals surface area contributed by atoms with Crippen LogP contribution in [0.25, 0.3) is 10.6 Å². The van der Waals surface area contributed by atoms with Gasteiger partial charge < -0.3 is 10.1 Å². The lowest BCUT2D eigenvalue weighted by Crippen LogP contribution is -2.39. The Morgan fingerprint density at radius 3 is 2.90 bits per heavy atom. The molecule has 0 aromatic carbocycles. The molecule has 0 atom stereocenters. The molecule has 3 rings (SSSR count). The summed E-state index contributed by atoms with van der Waals surface area (Å²) < 4.78 is 5.32. The van der Waals surface area contributed by atoms with Crippen molar-refractivity contribution in [3.63, 3.8) is 0 Å². The van der Waals surface area contributed by atoms with E-state index in [0.717, 1.165) is 23.4 Å². The van der Waals surface area contributed by atoms with Gasteiger partial charge in [-0.2, -0.15) is 0 Å². The monoisotopic (exact) mass is 303 g/mol. The number of pyridine rings is 1. The van der Waals surface area contributed by atoms with E-state index >= 15 is 0 Å². The molecular weight excluding hydrogens is 286 g/mol. The van der Waals surface area contributed by atoms with Crippen LogP contribution in [0.5, 0.6) is 0 Å². The van der Waals surface area contributed by atoms with Crippen molar-refractivity contribution in [1.82, 2.24) is 15.3 Å². The van der Waals surface area contributed by atoms with Crippen molar-refractivity contribution in [2.45, 2.75) is 25.8 Å². The third-order valence-electron chi connectivity index (χ3n) is 3.57. The molecular formula is C15H17N3O2S. The maximum Gasteiger partial charge on any atom is 0.253 e. The molecule has 1 aliphatic heterocycles. The number of carbonyl (C=O) groups is 1. The number of aromatic nitrogens is 2. The minimum atomic E-state index is -0.0715. The topological polar surface area (TPSA) is 64.1 Å². The van der Waals surface area contributed by atoms with E-state index < -0.39 is 0 Å². The van der Waals surface area contributed by atoms with Gasteiger partial charge >= 0.3 is 0 Å². The van der Waals surface area contributed by atoms with Crippen LogP contribution in [0.3, 0.4) is 0 Å². The van der Waals surface area contributed by atoms with Gasteiger partial charge in [0.15, 0.2) is 0 Å². The van der Waals surface area contributed by atoms with E-state index in [0.29, 0.717) is 24.5 Å². The van der Waals surface area contributed by atoms with E-state index in [2.05, 4.69) is 15.3 Å². The zero-order valence-corrected chi connectivity index (χ0v) is 12.7. The minimum absolute atomic E-state index is 0.0715. The van der Waals surface area contributed by atoms with Crippen molar-refractivity contribution < 1.29 is 9.53 Å². The van der Waals surface area contributed by atoms with E-state index in [1.807, 2.05) is 13.0 Å². The lowest BCUT2D eigenvalue weighted by atomic mass is 10.1. The highest BCUT2D eigenvalue weighted by Gasteiger charge is 2.21. The Labute approximate surface area is 127 Å². The molecule has 0 spiro atoms. The second-order valence-electron chi connectivity index (χ2n) is 5.03. The SMILES string of the molecule is Cc1ncsc1-c1ncccc1C(=O)NC1CCOCC1. The van der Waals surface area contributed by atoms with Crippen LogP contribution in [0.4, 0.5) is 0 Å². The van der Waals surface area contributed by atoms with Crippen LogP contribution in [0.1, 0.15) is 28.9 Å². The maximum absolute atomic E-state index is 12.5. The highest BCUT2D eigenvalue weighted by atomic mass is 32.1. The first-order valence-electron chi connectivity index (χ1n) is 7.00. The van der Waals surface area contributed by atoms with Crippen molar-refractivity contribution in [2.75, 3.05) is 13.2 Å². The van der Waals surface area contributed by atoms with Crippen LogP contribution in [0, 0.1) is 6.92 Å². The van der Waals surface area contributed by atoms with Gasteiger partial charge in [0, 0.05) is 25.5 Å². The standard InChI is InChI=1S/C15H17N3O2S/c1-10-14(21-9-17-10)13-12(3-2-6-16-13)15(19)18-11-4-7-20-8-5-11/h2-3,6,9,11H,4-5,7-8H2,1H3,(H,18,19). The number of hydrogen-bond donors (Lipinski definition) is 1. The number of nitrogens with zero attached hydrogens (tertiary/aromatic N) is 2. The Morgan fingerprint density at radius 2 is 2.19 bits per heavy atom. The fourth-order valence-electron chi connectivity index (χ4n) is 2.40. The first kappa shape index (κ1) is 14.2. The van der Waals surface area contributed by atoms with Crippen LogP contribution in [0.2, 0.25) is 0 Å². The molecule has 2 aromatic rings. The number of rotatable bonds is 3. The first-order valence-corrected chi connectivity index (χ1v) is 7.88. The van der Waals surface area contributed by atoms with Crippen molar-refractivity contribution in [3.8, 4) is 10.6 Å². The third-order valence-corrected chi connectivity index (χ3v) is 4.50. The van der Waals surface area contributed by atoms with Gasteiger partial charge in [-0.05, 0) is 31.9 Å². The van der Waals surface area contributed by atoms with E-state index in [1.165, 1.54) is 11.3 Å². The minimum Gasteiger partial charge on any atom is -0.381 e. The van der Waals surface area contributed by atoms with Gasteiger partial charge in [-0.25, -0.2) is 4.98 Å². The summed E-state index contributed by atoms with van der Waals surface area (Å²) in [5, 5.41) is 3.08.